The summed E-state index contributed by atoms with van der Waals surface area (Å²) in [6.07, 6.45) is 1.81. The number of hydrogen-bond acceptors (Lipinski definition) is 6. The smallest absolute Gasteiger partial charge is 0.242 e. The van der Waals surface area contributed by atoms with Crippen LogP contribution in [-0.4, -0.2) is 64.2 Å². The van der Waals surface area contributed by atoms with E-state index in [1.54, 1.807) is 30.1 Å². The lowest BCUT2D eigenvalue weighted by Crippen LogP contribution is -2.50. The van der Waals surface area contributed by atoms with Crippen LogP contribution in [0.2, 0.25) is 0 Å². The normalized spacial score (nSPS) is 13.2. The number of carbonyl (C=O) groups excluding carboxylic acids is 2. The number of nitrogens with zero attached hydrogens (tertiary/aromatic N) is 2. The average molecular weight is 580 g/mol. The Morgan fingerprint density at radius 3 is 2.32 bits per heavy atom. The molecule has 2 amide bonds. The number of benzene rings is 3. The lowest BCUT2D eigenvalue weighted by Gasteiger charge is -2.32. The molecule has 0 radical (unpaired) electrons. The molecule has 0 saturated carbocycles. The Labute approximate surface area is 242 Å². The van der Waals surface area contributed by atoms with Crippen LogP contribution < -0.4 is 19.1 Å². The fraction of sp³-hybridized carbons (Fsp3) is 0.355. The van der Waals surface area contributed by atoms with Crippen LogP contribution in [0.15, 0.2) is 72.8 Å². The van der Waals surface area contributed by atoms with Crippen LogP contribution in [0.3, 0.4) is 0 Å². The maximum atomic E-state index is 13.8. The van der Waals surface area contributed by atoms with Gasteiger partial charge in [0.1, 0.15) is 19.3 Å². The van der Waals surface area contributed by atoms with Crippen molar-refractivity contribution in [2.75, 3.05) is 37.4 Å². The van der Waals surface area contributed by atoms with E-state index in [2.05, 4.69) is 5.32 Å². The number of aryl methyl sites for hydroxylation is 1. The van der Waals surface area contributed by atoms with Gasteiger partial charge in [0.2, 0.25) is 21.8 Å². The molecule has 9 nitrogen and oxygen atoms in total. The van der Waals surface area contributed by atoms with Gasteiger partial charge in [-0.3, -0.25) is 13.9 Å². The number of carbonyl (C=O) groups is 2. The summed E-state index contributed by atoms with van der Waals surface area (Å²) >= 11 is 0. The van der Waals surface area contributed by atoms with Crippen LogP contribution in [0.1, 0.15) is 29.5 Å². The first-order valence-corrected chi connectivity index (χ1v) is 15.5. The molecular weight excluding hydrogens is 542 g/mol. The third kappa shape index (κ3) is 7.79. The third-order valence-corrected chi connectivity index (χ3v) is 8.28. The Morgan fingerprint density at radius 1 is 0.951 bits per heavy atom. The summed E-state index contributed by atoms with van der Waals surface area (Å²) in [5.41, 5.74) is 3.33. The van der Waals surface area contributed by atoms with Gasteiger partial charge in [-0.2, -0.15) is 0 Å². The summed E-state index contributed by atoms with van der Waals surface area (Å²) in [7, 11) is -2.08. The molecule has 0 unspecified atom stereocenters. The van der Waals surface area contributed by atoms with Crippen LogP contribution >= 0.6 is 0 Å². The lowest BCUT2D eigenvalue weighted by atomic mass is 10.0. The van der Waals surface area contributed by atoms with E-state index in [1.807, 2.05) is 61.5 Å². The van der Waals surface area contributed by atoms with Crippen molar-refractivity contribution in [2.24, 2.45) is 0 Å². The van der Waals surface area contributed by atoms with Gasteiger partial charge in [0.05, 0.1) is 11.9 Å². The summed E-state index contributed by atoms with van der Waals surface area (Å²) in [6.45, 7) is 3.14. The minimum Gasteiger partial charge on any atom is -0.486 e. The molecule has 0 spiro atoms. The van der Waals surface area contributed by atoms with Gasteiger partial charge in [-0.05, 0) is 42.2 Å². The highest BCUT2D eigenvalue weighted by atomic mass is 32.2. The van der Waals surface area contributed by atoms with Crippen molar-refractivity contribution in [3.05, 3.63) is 89.5 Å². The maximum absolute atomic E-state index is 13.8. The van der Waals surface area contributed by atoms with Gasteiger partial charge < -0.3 is 19.7 Å². The second-order valence-corrected chi connectivity index (χ2v) is 11.9. The van der Waals surface area contributed by atoms with Gasteiger partial charge in [-0.15, -0.1) is 0 Å². The topological polar surface area (TPSA) is 105 Å². The van der Waals surface area contributed by atoms with E-state index in [0.717, 1.165) is 22.9 Å². The van der Waals surface area contributed by atoms with Crippen LogP contribution in [0.25, 0.3) is 0 Å². The number of fused-ring (bicyclic) bond motifs is 1. The molecule has 0 fully saturated rings. The minimum atomic E-state index is -3.64. The summed E-state index contributed by atoms with van der Waals surface area (Å²) in [5, 5.41) is 2.72. The Balaban J connectivity index is 1.55. The Kier molecular flexibility index (Phi) is 9.88. The standard InChI is InChI=1S/C31H37N3O6S/c1-23-10-7-8-13-25(23)22-33(27(31(36)32-2)20-24-11-5-4-6-12-24)30(35)14-9-17-34(41(3,37)38)26-15-16-28-29(21-26)40-19-18-39-28/h4-8,10-13,15-16,21,27H,9,14,17-20,22H2,1-3H3,(H,32,36)/t27-/m0/s1. The van der Waals surface area contributed by atoms with Crippen LogP contribution in [0.4, 0.5) is 5.69 Å². The van der Waals surface area contributed by atoms with Gasteiger partial charge in [-0.25, -0.2) is 8.42 Å². The zero-order valence-corrected chi connectivity index (χ0v) is 24.5. The van der Waals surface area contributed by atoms with Gasteiger partial charge in [-0.1, -0.05) is 54.6 Å². The summed E-state index contributed by atoms with van der Waals surface area (Å²) in [6, 6.07) is 21.6. The van der Waals surface area contributed by atoms with E-state index >= 15 is 0 Å². The van der Waals surface area contributed by atoms with Gasteiger partial charge in [0.25, 0.3) is 0 Å². The minimum absolute atomic E-state index is 0.0603. The second-order valence-electron chi connectivity index (χ2n) is 10.0. The van der Waals surface area contributed by atoms with E-state index in [4.69, 9.17) is 9.47 Å². The first-order chi connectivity index (χ1) is 19.7. The van der Waals surface area contributed by atoms with Crippen molar-refractivity contribution >= 4 is 27.5 Å². The van der Waals surface area contributed by atoms with Gasteiger partial charge in [0.15, 0.2) is 11.5 Å². The van der Waals surface area contributed by atoms with Crippen LogP contribution in [0, 0.1) is 6.92 Å². The average Bonchev–Trinajstić information content (AvgIpc) is 2.97. The first-order valence-electron chi connectivity index (χ1n) is 13.6. The highest BCUT2D eigenvalue weighted by Crippen LogP contribution is 2.34. The predicted molar refractivity (Wildman–Crippen MR) is 159 cm³/mol. The van der Waals surface area contributed by atoms with E-state index < -0.39 is 16.1 Å². The second kappa shape index (κ2) is 13.5. The SMILES string of the molecule is CNC(=O)[C@H](Cc1ccccc1)N(Cc1ccccc1C)C(=O)CCCN(c1ccc2c(c1)OCCO2)S(C)(=O)=O. The van der Waals surface area contributed by atoms with E-state index in [1.165, 1.54) is 4.31 Å². The zero-order valence-electron chi connectivity index (χ0n) is 23.7. The highest BCUT2D eigenvalue weighted by Gasteiger charge is 2.30. The molecule has 4 rings (SSSR count). The van der Waals surface area contributed by atoms with Crippen molar-refractivity contribution in [3.8, 4) is 11.5 Å². The molecule has 1 atom stereocenters. The molecule has 1 N–H and O–H groups in total. The molecule has 1 aliphatic rings. The zero-order chi connectivity index (χ0) is 29.4. The Bertz CT molecular complexity index is 1460. The summed E-state index contributed by atoms with van der Waals surface area (Å²) in [5.74, 6) is 0.560. The largest absolute Gasteiger partial charge is 0.486 e. The molecule has 10 heteroatoms. The molecule has 0 aliphatic carbocycles. The van der Waals surface area contributed by atoms with Crippen molar-refractivity contribution in [2.45, 2.75) is 38.8 Å². The third-order valence-electron chi connectivity index (χ3n) is 7.09. The molecule has 0 bridgehead atoms. The van der Waals surface area contributed by atoms with Crippen molar-refractivity contribution < 1.29 is 27.5 Å². The molecule has 0 aromatic heterocycles. The lowest BCUT2D eigenvalue weighted by molar-refractivity contribution is -0.141. The fourth-order valence-corrected chi connectivity index (χ4v) is 5.84. The van der Waals surface area contributed by atoms with Crippen LogP contribution in [-0.2, 0) is 32.6 Å². The summed E-state index contributed by atoms with van der Waals surface area (Å²) in [4.78, 5) is 28.6. The predicted octanol–water partition coefficient (Wildman–Crippen LogP) is 3.70. The number of likely N-dealkylation sites (N-methyl/N-ethyl adjacent to an activating group) is 1. The number of rotatable bonds is 12. The highest BCUT2D eigenvalue weighted by molar-refractivity contribution is 7.92. The Morgan fingerprint density at radius 2 is 1.63 bits per heavy atom. The van der Waals surface area contributed by atoms with Crippen molar-refractivity contribution in [3.63, 3.8) is 0 Å². The fourth-order valence-electron chi connectivity index (χ4n) is 4.88. The maximum Gasteiger partial charge on any atom is 0.242 e. The number of hydrogen-bond donors (Lipinski definition) is 1. The number of sulfonamides is 1. The van der Waals surface area contributed by atoms with Crippen molar-refractivity contribution in [1.29, 1.82) is 0 Å². The molecule has 1 aliphatic heterocycles. The number of nitrogens with one attached hydrogen (secondary N) is 1. The van der Waals surface area contributed by atoms with Crippen molar-refractivity contribution in [1.82, 2.24) is 10.2 Å². The quantitative estimate of drug-likeness (QED) is 0.351. The van der Waals surface area contributed by atoms with E-state index in [-0.39, 0.29) is 37.7 Å². The van der Waals surface area contributed by atoms with E-state index in [0.29, 0.717) is 36.8 Å². The first kappa shape index (κ1) is 29.9. The summed E-state index contributed by atoms with van der Waals surface area (Å²) < 4.78 is 37.9. The number of ether oxygens (including phenoxy) is 2. The van der Waals surface area contributed by atoms with E-state index in [9.17, 15) is 18.0 Å². The molecular formula is C31H37N3O6S. The molecule has 3 aromatic rings. The molecule has 41 heavy (non-hydrogen) atoms. The van der Waals surface area contributed by atoms with Gasteiger partial charge in [0, 0.05) is 39.0 Å². The molecule has 3 aromatic carbocycles. The van der Waals surface area contributed by atoms with Crippen LogP contribution in [0.5, 0.6) is 11.5 Å². The molecule has 0 saturated heterocycles. The Hall–Kier alpha value is -4.05. The molecule has 1 heterocycles. The van der Waals surface area contributed by atoms with Gasteiger partial charge >= 0.3 is 0 Å². The monoisotopic (exact) mass is 579 g/mol. The molecule has 218 valence electrons. The number of anilines is 1. The number of amides is 2.